The number of nitrogens with zero attached hydrogens (tertiary/aromatic N) is 1. The minimum atomic E-state index is 0.369. The van der Waals surface area contributed by atoms with Crippen molar-refractivity contribution in [1.29, 1.82) is 0 Å². The van der Waals surface area contributed by atoms with Gasteiger partial charge in [0.1, 0.15) is 11.5 Å². The van der Waals surface area contributed by atoms with Crippen LogP contribution in [0.5, 0.6) is 11.5 Å². The van der Waals surface area contributed by atoms with E-state index in [0.717, 1.165) is 31.1 Å². The van der Waals surface area contributed by atoms with Crippen LogP contribution in [0.3, 0.4) is 0 Å². The second-order valence-electron chi connectivity index (χ2n) is 6.09. The lowest BCUT2D eigenvalue weighted by molar-refractivity contribution is 0.221. The Kier molecular flexibility index (Phi) is 4.66. The number of fused-ring (bicyclic) bond motifs is 1. The van der Waals surface area contributed by atoms with Crippen LogP contribution in [0.1, 0.15) is 37.8 Å². The van der Waals surface area contributed by atoms with E-state index in [1.54, 1.807) is 7.11 Å². The lowest BCUT2D eigenvalue weighted by Gasteiger charge is -2.30. The smallest absolute Gasteiger partial charge is 0.124 e. The number of hydrogen-bond acceptors (Lipinski definition) is 4. The van der Waals surface area contributed by atoms with E-state index >= 15 is 0 Å². The Morgan fingerprint density at radius 1 is 1.38 bits per heavy atom. The van der Waals surface area contributed by atoms with Crippen LogP contribution in [-0.2, 0) is 0 Å². The molecule has 21 heavy (non-hydrogen) atoms. The first kappa shape index (κ1) is 14.7. The molecule has 0 spiro atoms. The average Bonchev–Trinajstić information content (AvgIpc) is 3.06. The molecule has 2 atom stereocenters. The molecule has 0 aromatic heterocycles. The first-order valence-corrected chi connectivity index (χ1v) is 8.06. The third-order valence-electron chi connectivity index (χ3n) is 4.68. The van der Waals surface area contributed by atoms with Crippen LogP contribution in [-0.4, -0.2) is 44.3 Å². The first-order chi connectivity index (χ1) is 10.3. The van der Waals surface area contributed by atoms with Gasteiger partial charge >= 0.3 is 0 Å². The van der Waals surface area contributed by atoms with Gasteiger partial charge in [-0.2, -0.15) is 0 Å². The van der Waals surface area contributed by atoms with Crippen LogP contribution >= 0.6 is 0 Å². The van der Waals surface area contributed by atoms with E-state index in [4.69, 9.17) is 9.47 Å². The van der Waals surface area contributed by atoms with Crippen molar-refractivity contribution < 1.29 is 9.47 Å². The molecule has 0 saturated carbocycles. The van der Waals surface area contributed by atoms with Gasteiger partial charge in [0.05, 0.1) is 13.7 Å². The highest BCUT2D eigenvalue weighted by molar-refractivity contribution is 5.43. The highest BCUT2D eigenvalue weighted by Gasteiger charge is 2.24. The maximum Gasteiger partial charge on any atom is 0.124 e. The zero-order chi connectivity index (χ0) is 14.7. The van der Waals surface area contributed by atoms with Gasteiger partial charge in [-0.25, -0.2) is 0 Å². The first-order valence-electron chi connectivity index (χ1n) is 8.06. The van der Waals surface area contributed by atoms with Crippen molar-refractivity contribution in [1.82, 2.24) is 10.2 Å². The Morgan fingerprint density at radius 3 is 2.95 bits per heavy atom. The molecule has 2 aliphatic heterocycles. The minimum Gasteiger partial charge on any atom is -0.497 e. The molecule has 0 aliphatic carbocycles. The zero-order valence-electron chi connectivity index (χ0n) is 13.1. The summed E-state index contributed by atoms with van der Waals surface area (Å²) >= 11 is 0. The molecule has 4 nitrogen and oxygen atoms in total. The summed E-state index contributed by atoms with van der Waals surface area (Å²) in [6.45, 7) is 6.64. The summed E-state index contributed by atoms with van der Waals surface area (Å²) in [5.74, 6) is 1.90. The number of methoxy groups -OCH3 is 1. The Morgan fingerprint density at radius 2 is 2.19 bits per heavy atom. The molecule has 1 aromatic carbocycles. The summed E-state index contributed by atoms with van der Waals surface area (Å²) in [4.78, 5) is 2.58. The van der Waals surface area contributed by atoms with Crippen LogP contribution in [0, 0.1) is 0 Å². The van der Waals surface area contributed by atoms with Crippen molar-refractivity contribution in [2.45, 2.75) is 38.3 Å². The molecule has 1 N–H and O–H groups in total. The summed E-state index contributed by atoms with van der Waals surface area (Å²) in [6, 6.07) is 7.06. The van der Waals surface area contributed by atoms with Gasteiger partial charge in [0.25, 0.3) is 0 Å². The maximum atomic E-state index is 5.75. The minimum absolute atomic E-state index is 0.369. The van der Waals surface area contributed by atoms with Crippen LogP contribution < -0.4 is 14.8 Å². The summed E-state index contributed by atoms with van der Waals surface area (Å²) in [5.41, 5.74) is 1.23. The largest absolute Gasteiger partial charge is 0.497 e. The highest BCUT2D eigenvalue weighted by atomic mass is 16.5. The van der Waals surface area contributed by atoms with E-state index in [9.17, 15) is 0 Å². The van der Waals surface area contributed by atoms with Crippen molar-refractivity contribution >= 4 is 0 Å². The molecule has 0 bridgehead atoms. The van der Waals surface area contributed by atoms with Gasteiger partial charge in [-0.3, -0.25) is 4.90 Å². The summed E-state index contributed by atoms with van der Waals surface area (Å²) in [6.07, 6.45) is 3.72. The molecule has 1 aromatic rings. The molecule has 4 heteroatoms. The standard InChI is InChI=1S/C17H26N2O2/c1-13(19-8-3-4-9-19)12-18-16-7-10-21-17-6-5-14(20-2)11-15(16)17/h5-6,11,13,16,18H,3-4,7-10,12H2,1-2H3. The fraction of sp³-hybridized carbons (Fsp3) is 0.647. The fourth-order valence-corrected chi connectivity index (χ4v) is 3.34. The van der Waals surface area contributed by atoms with Crippen LogP contribution in [0.15, 0.2) is 18.2 Å². The van der Waals surface area contributed by atoms with Gasteiger partial charge in [-0.15, -0.1) is 0 Å². The summed E-state index contributed by atoms with van der Waals surface area (Å²) < 4.78 is 11.1. The van der Waals surface area contributed by atoms with Gasteiger partial charge < -0.3 is 14.8 Å². The quantitative estimate of drug-likeness (QED) is 0.904. The predicted molar refractivity (Wildman–Crippen MR) is 84.1 cm³/mol. The second kappa shape index (κ2) is 6.67. The molecular weight excluding hydrogens is 264 g/mol. The lowest BCUT2D eigenvalue weighted by atomic mass is 10.00. The van der Waals surface area contributed by atoms with Crippen molar-refractivity contribution in [3.63, 3.8) is 0 Å². The molecule has 0 amide bonds. The van der Waals surface area contributed by atoms with Crippen molar-refractivity contribution in [2.75, 3.05) is 33.4 Å². The number of ether oxygens (including phenoxy) is 2. The van der Waals surface area contributed by atoms with E-state index < -0.39 is 0 Å². The van der Waals surface area contributed by atoms with Gasteiger partial charge in [0.15, 0.2) is 0 Å². The molecular formula is C17H26N2O2. The maximum absolute atomic E-state index is 5.75. The van der Waals surface area contributed by atoms with Crippen molar-refractivity contribution in [2.24, 2.45) is 0 Å². The molecule has 2 unspecified atom stereocenters. The molecule has 116 valence electrons. The van der Waals surface area contributed by atoms with E-state index in [-0.39, 0.29) is 0 Å². The van der Waals surface area contributed by atoms with E-state index in [2.05, 4.69) is 23.2 Å². The Hall–Kier alpha value is -1.26. The molecule has 1 fully saturated rings. The Bertz CT molecular complexity index is 472. The molecule has 3 rings (SSSR count). The van der Waals surface area contributed by atoms with Gasteiger partial charge in [0.2, 0.25) is 0 Å². The van der Waals surface area contributed by atoms with E-state index in [1.165, 1.54) is 31.5 Å². The monoisotopic (exact) mass is 290 g/mol. The molecule has 2 heterocycles. The van der Waals surface area contributed by atoms with Crippen LogP contribution in [0.4, 0.5) is 0 Å². The Labute approximate surface area is 127 Å². The van der Waals surface area contributed by atoms with Crippen LogP contribution in [0.25, 0.3) is 0 Å². The van der Waals surface area contributed by atoms with Crippen molar-refractivity contribution in [3.8, 4) is 11.5 Å². The van der Waals surface area contributed by atoms with E-state index in [0.29, 0.717) is 12.1 Å². The molecule has 1 saturated heterocycles. The fourth-order valence-electron chi connectivity index (χ4n) is 3.34. The Balaban J connectivity index is 1.64. The third-order valence-corrected chi connectivity index (χ3v) is 4.68. The summed E-state index contributed by atoms with van der Waals surface area (Å²) in [5, 5.41) is 3.73. The number of rotatable bonds is 5. The lowest BCUT2D eigenvalue weighted by Crippen LogP contribution is -2.40. The molecule has 2 aliphatic rings. The third kappa shape index (κ3) is 3.33. The normalized spacial score (nSPS) is 23.4. The highest BCUT2D eigenvalue weighted by Crippen LogP contribution is 2.34. The molecule has 0 radical (unpaired) electrons. The average molecular weight is 290 g/mol. The topological polar surface area (TPSA) is 33.7 Å². The van der Waals surface area contributed by atoms with E-state index in [1.807, 2.05) is 12.1 Å². The summed E-state index contributed by atoms with van der Waals surface area (Å²) in [7, 11) is 1.71. The number of benzene rings is 1. The SMILES string of the molecule is COc1ccc2c(c1)C(NCC(C)N1CCCC1)CCO2. The zero-order valence-corrected chi connectivity index (χ0v) is 13.1. The predicted octanol–water partition coefficient (Wildman–Crippen LogP) is 2.59. The number of likely N-dealkylation sites (tertiary alicyclic amines) is 1. The van der Waals surface area contributed by atoms with Crippen molar-refractivity contribution in [3.05, 3.63) is 23.8 Å². The van der Waals surface area contributed by atoms with Gasteiger partial charge in [-0.05, 0) is 51.1 Å². The van der Waals surface area contributed by atoms with Crippen LogP contribution in [0.2, 0.25) is 0 Å². The van der Waals surface area contributed by atoms with Gasteiger partial charge in [0, 0.05) is 30.6 Å². The number of nitrogens with one attached hydrogen (secondary N) is 1. The van der Waals surface area contributed by atoms with Gasteiger partial charge in [-0.1, -0.05) is 0 Å². The number of hydrogen-bond donors (Lipinski definition) is 1. The second-order valence-corrected chi connectivity index (χ2v) is 6.09.